The van der Waals surface area contributed by atoms with E-state index in [9.17, 15) is 8.78 Å². The summed E-state index contributed by atoms with van der Waals surface area (Å²) in [6.45, 7) is -0.889. The number of hydrogen-bond acceptors (Lipinski definition) is 1. The smallest absolute Gasteiger partial charge is 0.387 e. The van der Waals surface area contributed by atoms with Crippen LogP contribution >= 0.6 is 11.6 Å². The van der Waals surface area contributed by atoms with Gasteiger partial charge in [0.05, 0.1) is 0 Å². The highest BCUT2D eigenvalue weighted by Gasteiger charge is 2.05. The van der Waals surface area contributed by atoms with Crippen molar-refractivity contribution in [3.05, 3.63) is 29.3 Å². The van der Waals surface area contributed by atoms with E-state index in [1.54, 1.807) is 18.2 Å². The van der Waals surface area contributed by atoms with Gasteiger partial charge >= 0.3 is 6.61 Å². The van der Waals surface area contributed by atoms with Crippen molar-refractivity contribution in [3.8, 4) is 5.75 Å². The van der Waals surface area contributed by atoms with Crippen LogP contribution in [0.5, 0.6) is 5.75 Å². The standard InChI is InChI=1S/C11H13ClF2O/c1-8-7-10(15-11(13)14)5-4-9(8)3-2-6-12/h4-5,7,11H,2-3,6H2,1H3. The Kier molecular flexibility index (Phi) is 4.82. The Morgan fingerprint density at radius 1 is 1.40 bits per heavy atom. The van der Waals surface area contributed by atoms with Gasteiger partial charge in [-0.1, -0.05) is 6.07 Å². The van der Waals surface area contributed by atoms with Crippen molar-refractivity contribution in [1.29, 1.82) is 0 Å². The molecular weight excluding hydrogens is 222 g/mol. The second kappa shape index (κ2) is 5.91. The summed E-state index contributed by atoms with van der Waals surface area (Å²) < 4.78 is 28.1. The molecule has 0 unspecified atom stereocenters. The molecule has 15 heavy (non-hydrogen) atoms. The molecule has 4 heteroatoms. The van der Waals surface area contributed by atoms with Crippen molar-refractivity contribution in [2.75, 3.05) is 5.88 Å². The van der Waals surface area contributed by atoms with E-state index in [0.29, 0.717) is 5.88 Å². The predicted octanol–water partition coefficient (Wildman–Crippen LogP) is 3.77. The van der Waals surface area contributed by atoms with E-state index in [0.717, 1.165) is 24.0 Å². The van der Waals surface area contributed by atoms with Gasteiger partial charge in [-0.15, -0.1) is 11.6 Å². The van der Waals surface area contributed by atoms with Crippen LogP contribution in [0.4, 0.5) is 8.78 Å². The van der Waals surface area contributed by atoms with Crippen LogP contribution in [0.2, 0.25) is 0 Å². The van der Waals surface area contributed by atoms with Crippen molar-refractivity contribution in [2.45, 2.75) is 26.4 Å². The first-order valence-electron chi connectivity index (χ1n) is 4.74. The van der Waals surface area contributed by atoms with Gasteiger partial charge in [0, 0.05) is 5.88 Å². The normalized spacial score (nSPS) is 10.7. The van der Waals surface area contributed by atoms with Crippen molar-refractivity contribution in [2.24, 2.45) is 0 Å². The molecule has 0 aliphatic rings. The molecule has 0 aromatic heterocycles. The second-order valence-electron chi connectivity index (χ2n) is 3.26. The average molecular weight is 235 g/mol. The molecule has 0 amide bonds. The summed E-state index contributed by atoms with van der Waals surface area (Å²) in [5.41, 5.74) is 2.08. The van der Waals surface area contributed by atoms with Crippen LogP contribution in [0.25, 0.3) is 0 Å². The van der Waals surface area contributed by atoms with Crippen molar-refractivity contribution in [1.82, 2.24) is 0 Å². The number of aryl methyl sites for hydroxylation is 2. The molecule has 0 aliphatic carbocycles. The molecule has 0 aliphatic heterocycles. The molecule has 0 spiro atoms. The van der Waals surface area contributed by atoms with E-state index < -0.39 is 6.61 Å². The molecule has 84 valence electrons. The molecule has 1 rings (SSSR count). The third-order valence-electron chi connectivity index (χ3n) is 2.12. The van der Waals surface area contributed by atoms with E-state index in [1.165, 1.54) is 0 Å². The fraction of sp³-hybridized carbons (Fsp3) is 0.455. The molecule has 1 aromatic rings. The van der Waals surface area contributed by atoms with Crippen LogP contribution in [-0.2, 0) is 6.42 Å². The predicted molar refractivity (Wildman–Crippen MR) is 56.9 cm³/mol. The third-order valence-corrected chi connectivity index (χ3v) is 2.39. The summed E-state index contributed by atoms with van der Waals surface area (Å²) in [6, 6.07) is 4.98. The van der Waals surface area contributed by atoms with Gasteiger partial charge in [0.25, 0.3) is 0 Å². The number of benzene rings is 1. The summed E-state index contributed by atoms with van der Waals surface area (Å²) >= 11 is 5.58. The molecule has 0 heterocycles. The van der Waals surface area contributed by atoms with Gasteiger partial charge in [-0.25, -0.2) is 0 Å². The van der Waals surface area contributed by atoms with Crippen LogP contribution in [-0.4, -0.2) is 12.5 Å². The SMILES string of the molecule is Cc1cc(OC(F)F)ccc1CCCCl. The maximum atomic E-state index is 11.9. The summed E-state index contributed by atoms with van der Waals surface area (Å²) in [7, 11) is 0. The first-order chi connectivity index (χ1) is 7.13. The van der Waals surface area contributed by atoms with E-state index in [2.05, 4.69) is 4.74 Å². The van der Waals surface area contributed by atoms with Gasteiger partial charge in [0.15, 0.2) is 0 Å². The lowest BCUT2D eigenvalue weighted by atomic mass is 10.0. The zero-order valence-corrected chi connectivity index (χ0v) is 9.23. The van der Waals surface area contributed by atoms with Crippen LogP contribution in [0.1, 0.15) is 17.5 Å². The first-order valence-corrected chi connectivity index (χ1v) is 5.27. The average Bonchev–Trinajstić information content (AvgIpc) is 2.15. The summed E-state index contributed by atoms with van der Waals surface area (Å²) in [6.07, 6.45) is 1.75. The maximum Gasteiger partial charge on any atom is 0.387 e. The van der Waals surface area contributed by atoms with Crippen LogP contribution in [0.15, 0.2) is 18.2 Å². The molecule has 1 aromatic carbocycles. The highest BCUT2D eigenvalue weighted by molar-refractivity contribution is 6.17. The number of rotatable bonds is 5. The van der Waals surface area contributed by atoms with Gasteiger partial charge in [-0.05, 0) is 43.0 Å². The lowest BCUT2D eigenvalue weighted by molar-refractivity contribution is -0.0498. The van der Waals surface area contributed by atoms with Crippen molar-refractivity contribution >= 4 is 11.6 Å². The lowest BCUT2D eigenvalue weighted by Crippen LogP contribution is -2.02. The quantitative estimate of drug-likeness (QED) is 0.705. The first kappa shape index (κ1) is 12.2. The van der Waals surface area contributed by atoms with Crippen LogP contribution < -0.4 is 4.74 Å². The molecule has 0 saturated carbocycles. The Balaban J connectivity index is 2.69. The van der Waals surface area contributed by atoms with Crippen LogP contribution in [0, 0.1) is 6.92 Å². The second-order valence-corrected chi connectivity index (χ2v) is 3.64. The molecule has 1 nitrogen and oxygen atoms in total. The zero-order chi connectivity index (χ0) is 11.3. The largest absolute Gasteiger partial charge is 0.435 e. The number of hydrogen-bond donors (Lipinski definition) is 0. The summed E-state index contributed by atoms with van der Waals surface area (Å²) in [5.74, 6) is 0.812. The molecule has 0 N–H and O–H groups in total. The van der Waals surface area contributed by atoms with Crippen molar-refractivity contribution in [3.63, 3.8) is 0 Å². The van der Waals surface area contributed by atoms with E-state index >= 15 is 0 Å². The Bertz CT molecular complexity index is 315. The summed E-state index contributed by atoms with van der Waals surface area (Å²) in [5, 5.41) is 0. The minimum atomic E-state index is -2.77. The summed E-state index contributed by atoms with van der Waals surface area (Å²) in [4.78, 5) is 0. The van der Waals surface area contributed by atoms with E-state index in [-0.39, 0.29) is 5.75 Å². The number of halogens is 3. The fourth-order valence-corrected chi connectivity index (χ4v) is 1.52. The van der Waals surface area contributed by atoms with E-state index in [1.807, 2.05) is 6.92 Å². The minimum absolute atomic E-state index is 0.206. The van der Waals surface area contributed by atoms with Crippen LogP contribution in [0.3, 0.4) is 0 Å². The number of ether oxygens (including phenoxy) is 1. The van der Waals surface area contributed by atoms with Gasteiger partial charge < -0.3 is 4.74 Å². The Morgan fingerprint density at radius 3 is 2.67 bits per heavy atom. The van der Waals surface area contributed by atoms with Gasteiger partial charge in [-0.2, -0.15) is 8.78 Å². The molecular formula is C11H13ClF2O. The highest BCUT2D eigenvalue weighted by atomic mass is 35.5. The van der Waals surface area contributed by atoms with Gasteiger partial charge in [0.1, 0.15) is 5.75 Å². The fourth-order valence-electron chi connectivity index (χ4n) is 1.38. The number of alkyl halides is 3. The van der Waals surface area contributed by atoms with Gasteiger partial charge in [0.2, 0.25) is 0 Å². The minimum Gasteiger partial charge on any atom is -0.435 e. The topological polar surface area (TPSA) is 9.23 Å². The monoisotopic (exact) mass is 234 g/mol. The van der Waals surface area contributed by atoms with E-state index in [4.69, 9.17) is 11.6 Å². The highest BCUT2D eigenvalue weighted by Crippen LogP contribution is 2.20. The maximum absolute atomic E-state index is 11.9. The van der Waals surface area contributed by atoms with Crippen molar-refractivity contribution < 1.29 is 13.5 Å². The molecule has 0 saturated heterocycles. The Morgan fingerprint density at radius 2 is 2.13 bits per heavy atom. The zero-order valence-electron chi connectivity index (χ0n) is 8.47. The molecule has 0 atom stereocenters. The molecule has 0 bridgehead atoms. The third kappa shape index (κ3) is 4.04. The Labute approximate surface area is 93.0 Å². The lowest BCUT2D eigenvalue weighted by Gasteiger charge is -2.08. The Hall–Kier alpha value is -0.830. The van der Waals surface area contributed by atoms with Gasteiger partial charge in [-0.3, -0.25) is 0 Å². The molecule has 0 radical (unpaired) electrons. The molecule has 0 fully saturated rings.